The van der Waals surface area contributed by atoms with E-state index in [1.54, 1.807) is 20.3 Å². The molecule has 25 heavy (non-hydrogen) atoms. The number of benzene rings is 2. The van der Waals surface area contributed by atoms with Gasteiger partial charge >= 0.3 is 0 Å². The van der Waals surface area contributed by atoms with Crippen molar-refractivity contribution in [1.29, 1.82) is 0 Å². The molecule has 0 aliphatic rings. The molecule has 0 radical (unpaired) electrons. The molecule has 0 bridgehead atoms. The average Bonchev–Trinajstić information content (AvgIpc) is 3.00. The molecule has 0 fully saturated rings. The van der Waals surface area contributed by atoms with Crippen molar-refractivity contribution >= 4 is 16.9 Å². The normalized spacial score (nSPS) is 10.7. The highest BCUT2D eigenvalue weighted by Crippen LogP contribution is 2.24. The zero-order valence-corrected chi connectivity index (χ0v) is 14.6. The van der Waals surface area contributed by atoms with Crippen molar-refractivity contribution in [3.8, 4) is 11.5 Å². The zero-order valence-electron chi connectivity index (χ0n) is 14.6. The lowest BCUT2D eigenvalue weighted by molar-refractivity contribution is 0.0954. The van der Waals surface area contributed by atoms with Crippen molar-refractivity contribution in [3.63, 3.8) is 0 Å². The maximum atomic E-state index is 12.4. The molecule has 0 saturated heterocycles. The number of aromatic amines is 1. The minimum absolute atomic E-state index is 0.115. The van der Waals surface area contributed by atoms with Gasteiger partial charge in [0.25, 0.3) is 5.91 Å². The molecule has 3 aromatic rings. The highest BCUT2D eigenvalue weighted by molar-refractivity contribution is 5.97. The molecule has 2 N–H and O–H groups in total. The predicted octanol–water partition coefficient (Wildman–Crippen LogP) is 2.86. The molecular formula is C19H21N3O3. The minimum atomic E-state index is -0.115. The van der Waals surface area contributed by atoms with Crippen molar-refractivity contribution in [3.05, 3.63) is 53.3 Å². The monoisotopic (exact) mass is 339 g/mol. The van der Waals surface area contributed by atoms with Crippen LogP contribution in [0, 0.1) is 6.92 Å². The smallest absolute Gasteiger partial charge is 0.251 e. The Bertz CT molecular complexity index is 902. The molecule has 0 spiro atoms. The summed E-state index contributed by atoms with van der Waals surface area (Å²) < 4.78 is 10.6. The molecule has 130 valence electrons. The number of carbonyl (C=O) groups is 1. The Morgan fingerprint density at radius 1 is 1.16 bits per heavy atom. The van der Waals surface area contributed by atoms with E-state index in [4.69, 9.17) is 9.47 Å². The van der Waals surface area contributed by atoms with Gasteiger partial charge in [-0.15, -0.1) is 0 Å². The summed E-state index contributed by atoms with van der Waals surface area (Å²) in [5.41, 5.74) is 3.31. The van der Waals surface area contributed by atoms with Crippen LogP contribution in [0.15, 0.2) is 36.4 Å². The molecule has 2 aromatic carbocycles. The number of aryl methyl sites for hydroxylation is 1. The first kappa shape index (κ1) is 16.8. The summed E-state index contributed by atoms with van der Waals surface area (Å²) in [6.45, 7) is 2.39. The Labute approximate surface area is 146 Å². The van der Waals surface area contributed by atoms with Crippen LogP contribution in [0.2, 0.25) is 0 Å². The first-order chi connectivity index (χ1) is 12.1. The molecule has 0 unspecified atom stereocenters. The average molecular weight is 339 g/mol. The van der Waals surface area contributed by atoms with Crippen LogP contribution >= 0.6 is 0 Å². The van der Waals surface area contributed by atoms with Crippen molar-refractivity contribution in [1.82, 2.24) is 15.3 Å². The highest BCUT2D eigenvalue weighted by atomic mass is 16.5. The first-order valence-electron chi connectivity index (χ1n) is 8.06. The quantitative estimate of drug-likeness (QED) is 0.724. The lowest BCUT2D eigenvalue weighted by Gasteiger charge is -2.11. The van der Waals surface area contributed by atoms with Crippen LogP contribution in [-0.4, -0.2) is 36.6 Å². The second kappa shape index (κ2) is 7.25. The van der Waals surface area contributed by atoms with Gasteiger partial charge in [-0.3, -0.25) is 4.79 Å². The van der Waals surface area contributed by atoms with Gasteiger partial charge in [0.15, 0.2) is 0 Å². The number of hydrogen-bond acceptors (Lipinski definition) is 4. The maximum absolute atomic E-state index is 12.4. The molecule has 0 saturated carbocycles. The molecule has 6 heteroatoms. The number of carbonyl (C=O) groups excluding carboxylic acids is 1. The lowest BCUT2D eigenvalue weighted by Crippen LogP contribution is -2.25. The SMILES string of the molecule is COc1ccc(OC)c(CCNC(=O)c2ccc3nc(C)[nH]c3c2)c1. The number of imidazole rings is 1. The maximum Gasteiger partial charge on any atom is 0.251 e. The van der Waals surface area contributed by atoms with E-state index in [9.17, 15) is 4.79 Å². The van der Waals surface area contributed by atoms with Crippen molar-refractivity contribution in [2.75, 3.05) is 20.8 Å². The number of nitrogens with zero attached hydrogens (tertiary/aromatic N) is 1. The van der Waals surface area contributed by atoms with Crippen molar-refractivity contribution < 1.29 is 14.3 Å². The molecular weight excluding hydrogens is 318 g/mol. The highest BCUT2D eigenvalue weighted by Gasteiger charge is 2.09. The van der Waals surface area contributed by atoms with Crippen LogP contribution in [0.5, 0.6) is 11.5 Å². The molecule has 0 aliphatic carbocycles. The molecule has 0 aliphatic heterocycles. The van der Waals surface area contributed by atoms with Gasteiger partial charge in [0, 0.05) is 12.1 Å². The number of methoxy groups -OCH3 is 2. The standard InChI is InChI=1S/C19H21N3O3/c1-12-21-16-6-4-14(11-17(16)22-12)19(23)20-9-8-13-10-15(24-2)5-7-18(13)25-3/h4-7,10-11H,8-9H2,1-3H3,(H,20,23)(H,21,22). The van der Waals surface area contributed by atoms with Crippen LogP contribution < -0.4 is 14.8 Å². The second-order valence-electron chi connectivity index (χ2n) is 5.74. The molecule has 1 heterocycles. The van der Waals surface area contributed by atoms with E-state index < -0.39 is 0 Å². The van der Waals surface area contributed by atoms with Crippen LogP contribution in [0.25, 0.3) is 11.0 Å². The number of rotatable bonds is 6. The Morgan fingerprint density at radius 2 is 2.00 bits per heavy atom. The third-order valence-electron chi connectivity index (χ3n) is 4.03. The molecule has 0 atom stereocenters. The molecule has 6 nitrogen and oxygen atoms in total. The second-order valence-corrected chi connectivity index (χ2v) is 5.74. The molecule has 3 rings (SSSR count). The number of ether oxygens (including phenoxy) is 2. The summed E-state index contributed by atoms with van der Waals surface area (Å²) in [6.07, 6.45) is 0.650. The largest absolute Gasteiger partial charge is 0.497 e. The van der Waals surface area contributed by atoms with E-state index in [1.165, 1.54) is 0 Å². The number of fused-ring (bicyclic) bond motifs is 1. The van der Waals surface area contributed by atoms with Gasteiger partial charge in [0.05, 0.1) is 25.3 Å². The first-order valence-corrected chi connectivity index (χ1v) is 8.06. The van der Waals surface area contributed by atoms with Crippen molar-refractivity contribution in [2.24, 2.45) is 0 Å². The predicted molar refractivity (Wildman–Crippen MR) is 96.4 cm³/mol. The fourth-order valence-electron chi connectivity index (χ4n) is 2.77. The van der Waals surface area contributed by atoms with E-state index in [0.717, 1.165) is 33.9 Å². The van der Waals surface area contributed by atoms with Gasteiger partial charge in [0.2, 0.25) is 0 Å². The van der Waals surface area contributed by atoms with E-state index in [-0.39, 0.29) is 5.91 Å². The summed E-state index contributed by atoms with van der Waals surface area (Å²) >= 11 is 0. The minimum Gasteiger partial charge on any atom is -0.497 e. The summed E-state index contributed by atoms with van der Waals surface area (Å²) in [4.78, 5) is 19.8. The lowest BCUT2D eigenvalue weighted by atomic mass is 10.1. The van der Waals surface area contributed by atoms with Gasteiger partial charge in [-0.25, -0.2) is 4.98 Å². The van der Waals surface area contributed by atoms with E-state index in [0.29, 0.717) is 18.5 Å². The number of hydrogen-bond donors (Lipinski definition) is 2. The fourth-order valence-corrected chi connectivity index (χ4v) is 2.77. The van der Waals surface area contributed by atoms with Gasteiger partial charge in [-0.2, -0.15) is 0 Å². The van der Waals surface area contributed by atoms with E-state index in [1.807, 2.05) is 37.3 Å². The topological polar surface area (TPSA) is 76.2 Å². The van der Waals surface area contributed by atoms with Gasteiger partial charge in [-0.1, -0.05) is 0 Å². The number of nitrogens with one attached hydrogen (secondary N) is 2. The summed E-state index contributed by atoms with van der Waals surface area (Å²) in [5, 5.41) is 2.94. The van der Waals surface area contributed by atoms with Crippen LogP contribution in [0.3, 0.4) is 0 Å². The zero-order chi connectivity index (χ0) is 17.8. The number of H-pyrrole nitrogens is 1. The van der Waals surface area contributed by atoms with E-state index >= 15 is 0 Å². The molecule has 1 amide bonds. The van der Waals surface area contributed by atoms with E-state index in [2.05, 4.69) is 15.3 Å². The fraction of sp³-hybridized carbons (Fsp3) is 0.263. The molecule has 1 aromatic heterocycles. The number of aromatic nitrogens is 2. The summed E-state index contributed by atoms with van der Waals surface area (Å²) in [5.74, 6) is 2.26. The Balaban J connectivity index is 1.65. The Kier molecular flexibility index (Phi) is 4.88. The number of amides is 1. The van der Waals surface area contributed by atoms with Crippen LogP contribution in [0.1, 0.15) is 21.7 Å². The van der Waals surface area contributed by atoms with Gasteiger partial charge in [-0.05, 0) is 55.3 Å². The van der Waals surface area contributed by atoms with Crippen molar-refractivity contribution in [2.45, 2.75) is 13.3 Å². The van der Waals surface area contributed by atoms with Crippen LogP contribution in [-0.2, 0) is 6.42 Å². The Hall–Kier alpha value is -3.02. The van der Waals surface area contributed by atoms with Crippen LogP contribution in [0.4, 0.5) is 0 Å². The third kappa shape index (κ3) is 3.74. The van der Waals surface area contributed by atoms with Gasteiger partial charge < -0.3 is 19.8 Å². The summed E-state index contributed by atoms with van der Waals surface area (Å²) in [7, 11) is 3.26. The third-order valence-corrected chi connectivity index (χ3v) is 4.03. The van der Waals surface area contributed by atoms with Gasteiger partial charge in [0.1, 0.15) is 17.3 Å². The summed E-state index contributed by atoms with van der Waals surface area (Å²) in [6, 6.07) is 11.1. The Morgan fingerprint density at radius 3 is 2.76 bits per heavy atom.